The predicted molar refractivity (Wildman–Crippen MR) is 82.8 cm³/mol. The van der Waals surface area contributed by atoms with E-state index in [0.29, 0.717) is 6.04 Å². The maximum Gasteiger partial charge on any atom is 0.0972 e. The Bertz CT molecular complexity index is 523. The van der Waals surface area contributed by atoms with Crippen molar-refractivity contribution < 1.29 is 0 Å². The number of thiazole rings is 1. The van der Waals surface area contributed by atoms with E-state index in [1.165, 1.54) is 26.6 Å². The van der Waals surface area contributed by atoms with Crippen molar-refractivity contribution in [2.24, 2.45) is 0 Å². The molecule has 19 heavy (non-hydrogen) atoms. The van der Waals surface area contributed by atoms with Crippen molar-refractivity contribution in [2.75, 3.05) is 0 Å². The van der Waals surface area contributed by atoms with Gasteiger partial charge < -0.3 is 5.32 Å². The molecule has 0 saturated carbocycles. The summed E-state index contributed by atoms with van der Waals surface area (Å²) in [6.07, 6.45) is 2.94. The molecular formula is C16H22N2S. The van der Waals surface area contributed by atoms with Gasteiger partial charge in [0.15, 0.2) is 0 Å². The monoisotopic (exact) mass is 274 g/mol. The molecule has 0 fully saturated rings. The van der Waals surface area contributed by atoms with Gasteiger partial charge in [0, 0.05) is 30.1 Å². The fourth-order valence-electron chi connectivity index (χ4n) is 2.16. The average molecular weight is 274 g/mol. The highest BCUT2D eigenvalue weighted by Crippen LogP contribution is 2.18. The molecule has 0 unspecified atom stereocenters. The van der Waals surface area contributed by atoms with Crippen LogP contribution in [-0.2, 0) is 13.0 Å². The number of aromatic nitrogens is 1. The number of hydrogen-bond donors (Lipinski definition) is 1. The van der Waals surface area contributed by atoms with E-state index in [0.717, 1.165) is 13.0 Å². The van der Waals surface area contributed by atoms with Gasteiger partial charge in [-0.15, -0.1) is 11.3 Å². The number of hydrogen-bond acceptors (Lipinski definition) is 3. The van der Waals surface area contributed by atoms with Crippen LogP contribution in [0.15, 0.2) is 24.4 Å². The van der Waals surface area contributed by atoms with Crippen LogP contribution in [0.1, 0.15) is 40.4 Å². The molecule has 0 aliphatic heterocycles. The lowest BCUT2D eigenvalue weighted by atomic mass is 10.1. The van der Waals surface area contributed by atoms with Gasteiger partial charge >= 0.3 is 0 Å². The molecule has 0 spiro atoms. The first-order chi connectivity index (χ1) is 9.02. The second-order valence-electron chi connectivity index (χ2n) is 5.43. The van der Waals surface area contributed by atoms with E-state index in [2.05, 4.69) is 56.2 Å². The molecule has 2 nitrogen and oxygen atoms in total. The van der Waals surface area contributed by atoms with E-state index in [-0.39, 0.29) is 0 Å². The lowest BCUT2D eigenvalue weighted by Crippen LogP contribution is -2.21. The summed E-state index contributed by atoms with van der Waals surface area (Å²) in [6.45, 7) is 9.55. The number of aryl methyl sites for hydroxylation is 2. The molecule has 0 radical (unpaired) electrons. The Morgan fingerprint density at radius 2 is 1.84 bits per heavy atom. The highest BCUT2D eigenvalue weighted by Gasteiger charge is 2.05. The van der Waals surface area contributed by atoms with Crippen LogP contribution in [0.25, 0.3) is 0 Å². The molecule has 3 heteroatoms. The van der Waals surface area contributed by atoms with Crippen LogP contribution in [0.5, 0.6) is 0 Å². The van der Waals surface area contributed by atoms with Gasteiger partial charge in [-0.3, -0.25) is 0 Å². The summed E-state index contributed by atoms with van der Waals surface area (Å²) in [5, 5.41) is 4.63. The number of rotatable bonds is 5. The van der Waals surface area contributed by atoms with Crippen molar-refractivity contribution in [3.63, 3.8) is 0 Å². The minimum absolute atomic E-state index is 0.518. The summed E-state index contributed by atoms with van der Waals surface area (Å²) >= 11 is 1.81. The van der Waals surface area contributed by atoms with Crippen LogP contribution in [0, 0.1) is 13.8 Å². The van der Waals surface area contributed by atoms with Crippen molar-refractivity contribution in [3.05, 3.63) is 51.0 Å². The predicted octanol–water partition coefficient (Wildman–Crippen LogP) is 3.85. The first-order valence-corrected chi connectivity index (χ1v) is 7.58. The van der Waals surface area contributed by atoms with Gasteiger partial charge in [-0.1, -0.05) is 43.2 Å². The van der Waals surface area contributed by atoms with E-state index in [4.69, 9.17) is 0 Å². The van der Waals surface area contributed by atoms with Crippen LogP contribution in [-0.4, -0.2) is 11.0 Å². The second kappa shape index (κ2) is 6.31. The highest BCUT2D eigenvalue weighted by atomic mass is 32.1. The number of nitrogens with zero attached hydrogens (tertiary/aromatic N) is 1. The maximum absolute atomic E-state index is 4.53. The zero-order valence-electron chi connectivity index (χ0n) is 12.2. The fourth-order valence-corrected chi connectivity index (χ4v) is 3.07. The summed E-state index contributed by atoms with van der Waals surface area (Å²) in [6, 6.07) is 7.23. The zero-order valence-corrected chi connectivity index (χ0v) is 13.0. The lowest BCUT2D eigenvalue weighted by molar-refractivity contribution is 0.593. The summed E-state index contributed by atoms with van der Waals surface area (Å²) in [5.41, 5.74) is 4.01. The minimum atomic E-state index is 0.518. The molecular weight excluding hydrogens is 252 g/mol. The molecule has 0 amide bonds. The molecule has 1 N–H and O–H groups in total. The highest BCUT2D eigenvalue weighted by molar-refractivity contribution is 7.11. The Morgan fingerprint density at radius 3 is 2.47 bits per heavy atom. The third-order valence-electron chi connectivity index (χ3n) is 2.92. The molecule has 102 valence electrons. The summed E-state index contributed by atoms with van der Waals surface area (Å²) in [5.74, 6) is 0. The van der Waals surface area contributed by atoms with Gasteiger partial charge in [0.1, 0.15) is 0 Å². The maximum atomic E-state index is 4.53. The topological polar surface area (TPSA) is 24.9 Å². The standard InChI is InChI=1S/C16H22N2S/c1-11(2)17-9-15-10-18-16(19-15)8-14-6-12(3)5-13(4)7-14/h5-7,10-11,17H,8-9H2,1-4H3. The number of nitrogens with one attached hydrogen (secondary N) is 1. The van der Waals surface area contributed by atoms with Crippen LogP contribution < -0.4 is 5.32 Å². The Labute approximate surface area is 119 Å². The largest absolute Gasteiger partial charge is 0.310 e. The summed E-state index contributed by atoms with van der Waals surface area (Å²) in [7, 11) is 0. The molecule has 1 aromatic heterocycles. The van der Waals surface area contributed by atoms with Crippen molar-refractivity contribution in [3.8, 4) is 0 Å². The Morgan fingerprint density at radius 1 is 1.16 bits per heavy atom. The van der Waals surface area contributed by atoms with Crippen LogP contribution >= 0.6 is 11.3 Å². The van der Waals surface area contributed by atoms with Gasteiger partial charge in [0.25, 0.3) is 0 Å². The molecule has 0 bridgehead atoms. The average Bonchev–Trinajstić information content (AvgIpc) is 2.72. The van der Waals surface area contributed by atoms with Crippen LogP contribution in [0.3, 0.4) is 0 Å². The van der Waals surface area contributed by atoms with Crippen LogP contribution in [0.4, 0.5) is 0 Å². The summed E-state index contributed by atoms with van der Waals surface area (Å²) < 4.78 is 0. The fraction of sp³-hybridized carbons (Fsp3) is 0.438. The third-order valence-corrected chi connectivity index (χ3v) is 3.92. The summed E-state index contributed by atoms with van der Waals surface area (Å²) in [4.78, 5) is 5.84. The molecule has 0 aliphatic rings. The molecule has 1 heterocycles. The Hall–Kier alpha value is -1.19. The smallest absolute Gasteiger partial charge is 0.0972 e. The van der Waals surface area contributed by atoms with Gasteiger partial charge in [0.2, 0.25) is 0 Å². The normalized spacial score (nSPS) is 11.2. The molecule has 2 aromatic rings. The zero-order chi connectivity index (χ0) is 13.8. The van der Waals surface area contributed by atoms with E-state index in [1.807, 2.05) is 17.5 Å². The van der Waals surface area contributed by atoms with Crippen molar-refractivity contribution in [2.45, 2.75) is 46.7 Å². The Kier molecular flexibility index (Phi) is 4.72. The van der Waals surface area contributed by atoms with Crippen LogP contribution in [0.2, 0.25) is 0 Å². The van der Waals surface area contributed by atoms with Crippen molar-refractivity contribution >= 4 is 11.3 Å². The number of benzene rings is 1. The first-order valence-electron chi connectivity index (χ1n) is 6.77. The quantitative estimate of drug-likeness (QED) is 0.896. The molecule has 2 rings (SSSR count). The van der Waals surface area contributed by atoms with Crippen molar-refractivity contribution in [1.82, 2.24) is 10.3 Å². The molecule has 0 atom stereocenters. The molecule has 1 aromatic carbocycles. The van der Waals surface area contributed by atoms with E-state index in [9.17, 15) is 0 Å². The molecule has 0 aliphatic carbocycles. The van der Waals surface area contributed by atoms with E-state index in [1.54, 1.807) is 0 Å². The van der Waals surface area contributed by atoms with E-state index >= 15 is 0 Å². The second-order valence-corrected chi connectivity index (χ2v) is 6.63. The van der Waals surface area contributed by atoms with Gasteiger partial charge in [0.05, 0.1) is 5.01 Å². The van der Waals surface area contributed by atoms with Crippen molar-refractivity contribution in [1.29, 1.82) is 0 Å². The SMILES string of the molecule is Cc1cc(C)cc(Cc2ncc(CNC(C)C)s2)c1. The van der Waals surface area contributed by atoms with Gasteiger partial charge in [-0.2, -0.15) is 0 Å². The third kappa shape index (κ3) is 4.44. The minimum Gasteiger partial charge on any atom is -0.310 e. The van der Waals surface area contributed by atoms with E-state index < -0.39 is 0 Å². The van der Waals surface area contributed by atoms with Gasteiger partial charge in [-0.05, 0) is 19.4 Å². The Balaban J connectivity index is 2.03. The lowest BCUT2D eigenvalue weighted by Gasteiger charge is -2.05. The molecule has 0 saturated heterocycles. The first kappa shape index (κ1) is 14.2. The van der Waals surface area contributed by atoms with Gasteiger partial charge in [-0.25, -0.2) is 4.98 Å².